The highest BCUT2D eigenvalue weighted by Gasteiger charge is 2.43. The van der Waals surface area contributed by atoms with Crippen LogP contribution in [0, 0.1) is 17.5 Å². The molecule has 3 N–H and O–H groups in total. The Hall–Kier alpha value is -2.98. The lowest BCUT2D eigenvalue weighted by Gasteiger charge is -2.42. The summed E-state index contributed by atoms with van der Waals surface area (Å²) in [5.41, 5.74) is -1.46. The SMILES string of the molecule is CCOc1cc(F)c(N2CC[C@@](O)(COc3ccc(F)c4c3CCC(=O)N4)[C@H](O)C2)c(F)c1. The average Bonchev–Trinajstić information content (AvgIpc) is 2.76. The van der Waals surface area contributed by atoms with E-state index in [2.05, 4.69) is 5.32 Å². The van der Waals surface area contributed by atoms with Crippen molar-refractivity contribution in [2.45, 2.75) is 37.9 Å². The van der Waals surface area contributed by atoms with Gasteiger partial charge in [-0.25, -0.2) is 13.2 Å². The van der Waals surface area contributed by atoms with Crippen molar-refractivity contribution in [3.8, 4) is 11.5 Å². The van der Waals surface area contributed by atoms with Gasteiger partial charge in [-0.1, -0.05) is 0 Å². The summed E-state index contributed by atoms with van der Waals surface area (Å²) in [6, 6.07) is 4.71. The fourth-order valence-electron chi connectivity index (χ4n) is 4.19. The van der Waals surface area contributed by atoms with Crippen molar-refractivity contribution in [3.63, 3.8) is 0 Å². The molecule has 0 aliphatic carbocycles. The van der Waals surface area contributed by atoms with Crippen LogP contribution >= 0.6 is 0 Å². The number of aliphatic hydroxyl groups excluding tert-OH is 1. The molecule has 2 aromatic carbocycles. The maximum absolute atomic E-state index is 14.5. The Morgan fingerprint density at radius 3 is 2.55 bits per heavy atom. The van der Waals surface area contributed by atoms with Crippen molar-refractivity contribution in [1.29, 1.82) is 0 Å². The average molecular weight is 466 g/mol. The molecule has 178 valence electrons. The molecule has 10 heteroatoms. The van der Waals surface area contributed by atoms with E-state index in [1.54, 1.807) is 6.92 Å². The molecule has 0 saturated carbocycles. The van der Waals surface area contributed by atoms with Gasteiger partial charge in [0.15, 0.2) is 11.6 Å². The lowest BCUT2D eigenvalue weighted by molar-refractivity contribution is -0.116. The summed E-state index contributed by atoms with van der Waals surface area (Å²) in [7, 11) is 0. The predicted octanol–water partition coefficient (Wildman–Crippen LogP) is 2.77. The minimum Gasteiger partial charge on any atom is -0.494 e. The molecule has 0 spiro atoms. The summed E-state index contributed by atoms with van der Waals surface area (Å²) in [6.45, 7) is 1.49. The Labute approximate surface area is 188 Å². The van der Waals surface area contributed by atoms with Crippen LogP contribution in [-0.2, 0) is 11.2 Å². The molecule has 2 heterocycles. The smallest absolute Gasteiger partial charge is 0.224 e. The maximum Gasteiger partial charge on any atom is 0.224 e. The number of anilines is 2. The van der Waals surface area contributed by atoms with Crippen molar-refractivity contribution in [3.05, 3.63) is 47.3 Å². The number of amides is 1. The molecule has 1 fully saturated rings. The molecule has 0 unspecified atom stereocenters. The van der Waals surface area contributed by atoms with E-state index in [1.165, 1.54) is 11.0 Å². The molecule has 1 saturated heterocycles. The standard InChI is InChI=1S/C23H25F3N2O5/c1-2-32-13-9-16(25)22(17(26)10-13)28-8-7-23(31,19(29)11-28)12-33-18-5-4-15(24)21-14(18)3-6-20(30)27-21/h4-5,9-10,19,29,31H,2-3,6-8,11-12H2,1H3,(H,27,30)/t19-,23-/m1/s1. The fourth-order valence-corrected chi connectivity index (χ4v) is 4.19. The second-order valence-corrected chi connectivity index (χ2v) is 8.22. The first-order chi connectivity index (χ1) is 15.7. The molecule has 2 aromatic rings. The summed E-state index contributed by atoms with van der Waals surface area (Å²) in [5.74, 6) is -2.18. The molecule has 0 aromatic heterocycles. The minimum atomic E-state index is -1.69. The van der Waals surface area contributed by atoms with Crippen molar-refractivity contribution in [2.24, 2.45) is 0 Å². The van der Waals surface area contributed by atoms with Crippen LogP contribution in [0.4, 0.5) is 24.5 Å². The van der Waals surface area contributed by atoms with Crippen LogP contribution in [0.3, 0.4) is 0 Å². The molecule has 2 atom stereocenters. The van der Waals surface area contributed by atoms with Crippen LogP contribution < -0.4 is 19.7 Å². The third-order valence-corrected chi connectivity index (χ3v) is 6.01. The van der Waals surface area contributed by atoms with Gasteiger partial charge in [0.05, 0.1) is 12.3 Å². The number of piperidine rings is 1. The molecule has 2 aliphatic heterocycles. The lowest BCUT2D eigenvalue weighted by Crippen LogP contribution is -2.58. The first-order valence-electron chi connectivity index (χ1n) is 10.7. The van der Waals surface area contributed by atoms with E-state index in [1.807, 2.05) is 0 Å². The monoisotopic (exact) mass is 466 g/mol. The van der Waals surface area contributed by atoms with Crippen LogP contribution in [0.25, 0.3) is 0 Å². The second kappa shape index (κ2) is 9.11. The number of β-amino-alcohol motifs (C(OH)–C–C–N with tert-alkyl or cyclic N) is 1. The van der Waals surface area contributed by atoms with E-state index in [9.17, 15) is 28.2 Å². The molecule has 4 rings (SSSR count). The number of hydrogen-bond acceptors (Lipinski definition) is 6. The van der Waals surface area contributed by atoms with Gasteiger partial charge in [-0.05, 0) is 31.9 Å². The molecular formula is C23H25F3N2O5. The topological polar surface area (TPSA) is 91.3 Å². The highest BCUT2D eigenvalue weighted by Crippen LogP contribution is 2.36. The van der Waals surface area contributed by atoms with Gasteiger partial charge in [-0.3, -0.25) is 4.79 Å². The highest BCUT2D eigenvalue weighted by atomic mass is 19.1. The van der Waals surface area contributed by atoms with Gasteiger partial charge in [0.25, 0.3) is 0 Å². The highest BCUT2D eigenvalue weighted by molar-refractivity contribution is 5.94. The van der Waals surface area contributed by atoms with Gasteiger partial charge < -0.3 is 29.9 Å². The second-order valence-electron chi connectivity index (χ2n) is 8.22. The number of aliphatic hydroxyl groups is 2. The first-order valence-corrected chi connectivity index (χ1v) is 10.7. The Morgan fingerprint density at radius 1 is 1.15 bits per heavy atom. The zero-order chi connectivity index (χ0) is 23.8. The molecule has 1 amide bonds. The summed E-state index contributed by atoms with van der Waals surface area (Å²) in [5, 5.41) is 24.1. The van der Waals surface area contributed by atoms with E-state index in [4.69, 9.17) is 9.47 Å². The van der Waals surface area contributed by atoms with Gasteiger partial charge in [-0.15, -0.1) is 0 Å². The molecule has 0 radical (unpaired) electrons. The molecule has 7 nitrogen and oxygen atoms in total. The Kier molecular flexibility index (Phi) is 6.40. The van der Waals surface area contributed by atoms with Crippen LogP contribution in [-0.4, -0.2) is 54.1 Å². The maximum atomic E-state index is 14.5. The Balaban J connectivity index is 1.46. The molecule has 33 heavy (non-hydrogen) atoms. The van der Waals surface area contributed by atoms with Crippen LogP contribution in [0.15, 0.2) is 24.3 Å². The van der Waals surface area contributed by atoms with Gasteiger partial charge in [-0.2, -0.15) is 0 Å². The van der Waals surface area contributed by atoms with Crippen molar-refractivity contribution in [2.75, 3.05) is 36.5 Å². The lowest BCUT2D eigenvalue weighted by atomic mass is 9.89. The number of fused-ring (bicyclic) bond motifs is 1. The van der Waals surface area contributed by atoms with E-state index < -0.39 is 29.2 Å². The van der Waals surface area contributed by atoms with Gasteiger partial charge in [0.2, 0.25) is 5.91 Å². The van der Waals surface area contributed by atoms with Crippen molar-refractivity contribution in [1.82, 2.24) is 0 Å². The third-order valence-electron chi connectivity index (χ3n) is 6.01. The van der Waals surface area contributed by atoms with Gasteiger partial charge >= 0.3 is 0 Å². The number of hydrogen-bond donors (Lipinski definition) is 3. The number of halogens is 3. The summed E-state index contributed by atoms with van der Waals surface area (Å²) in [4.78, 5) is 12.9. The predicted molar refractivity (Wildman–Crippen MR) is 114 cm³/mol. The number of nitrogens with zero attached hydrogens (tertiary/aromatic N) is 1. The Morgan fingerprint density at radius 2 is 1.88 bits per heavy atom. The fraction of sp³-hybridized carbons (Fsp3) is 0.435. The summed E-state index contributed by atoms with van der Waals surface area (Å²) in [6.07, 6.45) is -0.944. The van der Waals surface area contributed by atoms with Crippen LogP contribution in [0.5, 0.6) is 11.5 Å². The van der Waals surface area contributed by atoms with Crippen molar-refractivity contribution >= 4 is 17.3 Å². The quantitative estimate of drug-likeness (QED) is 0.607. The van der Waals surface area contributed by atoms with E-state index in [-0.39, 0.29) is 74.3 Å². The number of ether oxygens (including phenoxy) is 2. The van der Waals surface area contributed by atoms with Crippen LogP contribution in [0.1, 0.15) is 25.3 Å². The Bertz CT molecular complexity index is 1040. The normalized spacial score (nSPS) is 22.5. The third kappa shape index (κ3) is 4.58. The van der Waals surface area contributed by atoms with Crippen molar-refractivity contribution < 1.29 is 37.7 Å². The minimum absolute atomic E-state index is 0.0274. The zero-order valence-electron chi connectivity index (χ0n) is 18.0. The van der Waals surface area contributed by atoms with E-state index >= 15 is 0 Å². The molecule has 0 bridgehead atoms. The number of carbonyl (C=O) groups is 1. The summed E-state index contributed by atoms with van der Waals surface area (Å²) >= 11 is 0. The van der Waals surface area contributed by atoms with Crippen LogP contribution in [0.2, 0.25) is 0 Å². The molecular weight excluding hydrogens is 441 g/mol. The number of carbonyl (C=O) groups excluding carboxylic acids is 1. The van der Waals surface area contributed by atoms with E-state index in [0.717, 1.165) is 18.2 Å². The number of rotatable bonds is 6. The van der Waals surface area contributed by atoms with Gasteiger partial charge in [0.1, 0.15) is 41.3 Å². The largest absolute Gasteiger partial charge is 0.494 e. The zero-order valence-corrected chi connectivity index (χ0v) is 18.0. The number of nitrogens with one attached hydrogen (secondary N) is 1. The van der Waals surface area contributed by atoms with Gasteiger partial charge in [0, 0.05) is 37.2 Å². The molecule has 2 aliphatic rings. The number of benzene rings is 2. The summed E-state index contributed by atoms with van der Waals surface area (Å²) < 4.78 is 54.0. The first kappa shape index (κ1) is 23.2. The van der Waals surface area contributed by atoms with E-state index in [0.29, 0.717) is 5.56 Å².